The van der Waals surface area contributed by atoms with Crippen LogP contribution in [0.15, 0.2) is 10.7 Å². The summed E-state index contributed by atoms with van der Waals surface area (Å²) >= 11 is 0. The van der Waals surface area contributed by atoms with Crippen LogP contribution in [0.2, 0.25) is 0 Å². The van der Waals surface area contributed by atoms with Crippen molar-refractivity contribution < 1.29 is 4.42 Å². The van der Waals surface area contributed by atoms with E-state index in [1.54, 1.807) is 6.26 Å². The molecule has 1 saturated carbocycles. The van der Waals surface area contributed by atoms with Gasteiger partial charge in [-0.25, -0.2) is 0 Å². The molecule has 2 rings (SSSR count). The summed E-state index contributed by atoms with van der Waals surface area (Å²) in [5.74, 6) is 0. The molecule has 0 unspecified atom stereocenters. The lowest BCUT2D eigenvalue weighted by atomic mass is 10.2. The van der Waals surface area contributed by atoms with Crippen LogP contribution in [0.5, 0.6) is 0 Å². The summed E-state index contributed by atoms with van der Waals surface area (Å²) in [7, 11) is 3.99. The quantitative estimate of drug-likeness (QED) is 0.820. The van der Waals surface area contributed by atoms with Gasteiger partial charge in [-0.2, -0.15) is 4.98 Å². The molecule has 84 valence electrons. The van der Waals surface area contributed by atoms with Gasteiger partial charge in [0.05, 0.1) is 5.69 Å². The lowest BCUT2D eigenvalue weighted by molar-refractivity contribution is 0.512. The number of oxazole rings is 1. The molecule has 1 aliphatic carbocycles. The Balaban J connectivity index is 2.00. The van der Waals surface area contributed by atoms with E-state index in [0.29, 0.717) is 6.04 Å². The summed E-state index contributed by atoms with van der Waals surface area (Å²) < 4.78 is 5.47. The first-order valence-corrected chi connectivity index (χ1v) is 5.63. The standard InChI is InChI=1S/C11H19N3O/c1-12-7-9-8-15-11(13-9)14(2)10-5-3-4-6-10/h8,10,12H,3-7H2,1-2H3. The molecule has 4 heteroatoms. The highest BCUT2D eigenvalue weighted by molar-refractivity contribution is 5.27. The topological polar surface area (TPSA) is 41.3 Å². The molecule has 1 aromatic rings. The first kappa shape index (κ1) is 10.5. The van der Waals surface area contributed by atoms with E-state index in [2.05, 4.69) is 22.2 Å². The van der Waals surface area contributed by atoms with E-state index >= 15 is 0 Å². The van der Waals surface area contributed by atoms with Gasteiger partial charge in [-0.05, 0) is 19.9 Å². The molecule has 0 atom stereocenters. The van der Waals surface area contributed by atoms with Crippen LogP contribution in [0.4, 0.5) is 6.01 Å². The molecule has 0 amide bonds. The second-order valence-electron chi connectivity index (χ2n) is 4.20. The fourth-order valence-electron chi connectivity index (χ4n) is 2.17. The Bertz CT molecular complexity index is 305. The van der Waals surface area contributed by atoms with Gasteiger partial charge >= 0.3 is 0 Å². The monoisotopic (exact) mass is 209 g/mol. The van der Waals surface area contributed by atoms with Gasteiger partial charge in [-0.15, -0.1) is 0 Å². The lowest BCUT2D eigenvalue weighted by Crippen LogP contribution is -2.29. The van der Waals surface area contributed by atoms with Gasteiger partial charge in [0.15, 0.2) is 0 Å². The molecule has 1 heterocycles. The van der Waals surface area contributed by atoms with Gasteiger partial charge in [-0.1, -0.05) is 12.8 Å². The van der Waals surface area contributed by atoms with Crippen molar-refractivity contribution in [1.29, 1.82) is 0 Å². The van der Waals surface area contributed by atoms with Gasteiger partial charge in [0, 0.05) is 19.6 Å². The van der Waals surface area contributed by atoms with Gasteiger partial charge < -0.3 is 14.6 Å². The number of hydrogen-bond donors (Lipinski definition) is 1. The van der Waals surface area contributed by atoms with E-state index < -0.39 is 0 Å². The van der Waals surface area contributed by atoms with Crippen LogP contribution in [0, 0.1) is 0 Å². The molecule has 0 radical (unpaired) electrons. The number of nitrogens with one attached hydrogen (secondary N) is 1. The highest BCUT2D eigenvalue weighted by atomic mass is 16.4. The third kappa shape index (κ3) is 2.31. The van der Waals surface area contributed by atoms with E-state index in [9.17, 15) is 0 Å². The van der Waals surface area contributed by atoms with Gasteiger partial charge in [0.1, 0.15) is 6.26 Å². The molecular weight excluding hydrogens is 190 g/mol. The SMILES string of the molecule is CNCc1coc(N(C)C2CCCC2)n1. The minimum absolute atomic E-state index is 0.617. The highest BCUT2D eigenvalue weighted by Crippen LogP contribution is 2.26. The van der Waals surface area contributed by atoms with Crippen molar-refractivity contribution in [1.82, 2.24) is 10.3 Å². The highest BCUT2D eigenvalue weighted by Gasteiger charge is 2.22. The Labute approximate surface area is 90.7 Å². The second-order valence-corrected chi connectivity index (χ2v) is 4.20. The molecule has 1 N–H and O–H groups in total. The smallest absolute Gasteiger partial charge is 0.297 e. The zero-order valence-corrected chi connectivity index (χ0v) is 9.49. The van der Waals surface area contributed by atoms with Crippen LogP contribution >= 0.6 is 0 Å². The Kier molecular flexibility index (Phi) is 3.26. The number of rotatable bonds is 4. The summed E-state index contributed by atoms with van der Waals surface area (Å²) in [6.07, 6.45) is 6.93. The third-order valence-electron chi connectivity index (χ3n) is 3.07. The molecule has 0 saturated heterocycles. The molecule has 1 aromatic heterocycles. The predicted molar refractivity (Wildman–Crippen MR) is 59.9 cm³/mol. The minimum Gasteiger partial charge on any atom is -0.432 e. The molecule has 1 fully saturated rings. The van der Waals surface area contributed by atoms with Crippen molar-refractivity contribution in [2.45, 2.75) is 38.3 Å². The number of hydrogen-bond acceptors (Lipinski definition) is 4. The van der Waals surface area contributed by atoms with E-state index in [0.717, 1.165) is 18.3 Å². The molecule has 0 spiro atoms. The number of anilines is 1. The van der Waals surface area contributed by atoms with Crippen molar-refractivity contribution >= 4 is 6.01 Å². The molecule has 15 heavy (non-hydrogen) atoms. The van der Waals surface area contributed by atoms with Gasteiger partial charge in [-0.3, -0.25) is 0 Å². The Morgan fingerprint density at radius 1 is 1.53 bits per heavy atom. The van der Waals surface area contributed by atoms with Crippen molar-refractivity contribution in [3.63, 3.8) is 0 Å². The molecule has 4 nitrogen and oxygen atoms in total. The van der Waals surface area contributed by atoms with E-state index in [4.69, 9.17) is 4.42 Å². The third-order valence-corrected chi connectivity index (χ3v) is 3.07. The normalized spacial score (nSPS) is 17.2. The maximum Gasteiger partial charge on any atom is 0.297 e. The Morgan fingerprint density at radius 2 is 2.27 bits per heavy atom. The van der Waals surface area contributed by atoms with E-state index in [1.807, 2.05) is 7.05 Å². The fourth-order valence-corrected chi connectivity index (χ4v) is 2.17. The molecule has 0 aliphatic heterocycles. The second kappa shape index (κ2) is 4.66. The minimum atomic E-state index is 0.617. The summed E-state index contributed by atoms with van der Waals surface area (Å²) in [5.41, 5.74) is 0.970. The van der Waals surface area contributed by atoms with Crippen LogP contribution in [0.1, 0.15) is 31.4 Å². The largest absolute Gasteiger partial charge is 0.432 e. The molecule has 0 aromatic carbocycles. The lowest BCUT2D eigenvalue weighted by Gasteiger charge is -2.21. The summed E-state index contributed by atoms with van der Waals surface area (Å²) in [6.45, 7) is 0.766. The predicted octanol–water partition coefficient (Wildman–Crippen LogP) is 1.77. The van der Waals surface area contributed by atoms with E-state index in [-0.39, 0.29) is 0 Å². The average Bonchev–Trinajstić information content (AvgIpc) is 2.87. The zero-order valence-electron chi connectivity index (χ0n) is 9.49. The Morgan fingerprint density at radius 3 is 2.93 bits per heavy atom. The van der Waals surface area contributed by atoms with Crippen LogP contribution < -0.4 is 10.2 Å². The fraction of sp³-hybridized carbons (Fsp3) is 0.727. The van der Waals surface area contributed by atoms with Crippen LogP contribution in [-0.4, -0.2) is 25.1 Å². The molecular formula is C11H19N3O. The van der Waals surface area contributed by atoms with Crippen LogP contribution in [0.3, 0.4) is 0 Å². The molecule has 0 bridgehead atoms. The summed E-state index contributed by atoms with van der Waals surface area (Å²) in [5, 5.41) is 3.06. The first-order chi connectivity index (χ1) is 7.31. The van der Waals surface area contributed by atoms with Gasteiger partial charge in [0.25, 0.3) is 6.01 Å². The van der Waals surface area contributed by atoms with Crippen molar-refractivity contribution in [2.75, 3.05) is 19.0 Å². The van der Waals surface area contributed by atoms with E-state index in [1.165, 1.54) is 25.7 Å². The number of aromatic nitrogens is 1. The summed E-state index contributed by atoms with van der Waals surface area (Å²) in [4.78, 5) is 6.61. The van der Waals surface area contributed by atoms with Crippen LogP contribution in [0.25, 0.3) is 0 Å². The van der Waals surface area contributed by atoms with Crippen molar-refractivity contribution in [3.05, 3.63) is 12.0 Å². The maximum atomic E-state index is 5.47. The maximum absolute atomic E-state index is 5.47. The molecule has 1 aliphatic rings. The zero-order chi connectivity index (χ0) is 10.7. The average molecular weight is 209 g/mol. The number of nitrogens with zero attached hydrogens (tertiary/aromatic N) is 2. The summed E-state index contributed by atoms with van der Waals surface area (Å²) in [6, 6.07) is 1.37. The van der Waals surface area contributed by atoms with Crippen molar-refractivity contribution in [3.8, 4) is 0 Å². The Hall–Kier alpha value is -1.03. The van der Waals surface area contributed by atoms with Crippen molar-refractivity contribution in [2.24, 2.45) is 0 Å². The van der Waals surface area contributed by atoms with Gasteiger partial charge in [0.2, 0.25) is 0 Å². The van der Waals surface area contributed by atoms with Crippen LogP contribution in [-0.2, 0) is 6.54 Å². The first-order valence-electron chi connectivity index (χ1n) is 5.63.